The lowest BCUT2D eigenvalue weighted by atomic mass is 10.2. The van der Waals surface area contributed by atoms with Crippen LogP contribution < -0.4 is 10.3 Å². The molecule has 0 amide bonds. The number of methoxy groups -OCH3 is 1. The summed E-state index contributed by atoms with van der Waals surface area (Å²) in [5, 5.41) is 1.78. The van der Waals surface area contributed by atoms with Gasteiger partial charge >= 0.3 is 0 Å². The van der Waals surface area contributed by atoms with Gasteiger partial charge in [0.2, 0.25) is 0 Å². The van der Waals surface area contributed by atoms with Crippen LogP contribution in [0.15, 0.2) is 46.5 Å². The van der Waals surface area contributed by atoms with Crippen molar-refractivity contribution in [1.82, 2.24) is 14.5 Å². The second kappa shape index (κ2) is 8.51. The average Bonchev–Trinajstić information content (AvgIpc) is 3.22. The van der Waals surface area contributed by atoms with E-state index in [0.717, 1.165) is 30.8 Å². The van der Waals surface area contributed by atoms with Crippen molar-refractivity contribution in [2.24, 2.45) is 0 Å². The molecule has 0 saturated carbocycles. The SMILES string of the molecule is COc1ccc(Cl)cc1CSc1nc2ncccc2c(=O)n1CC1CCCO1. The van der Waals surface area contributed by atoms with E-state index < -0.39 is 0 Å². The molecule has 0 bridgehead atoms. The fraction of sp³-hybridized carbons (Fsp3) is 0.350. The molecule has 3 heterocycles. The molecule has 1 fully saturated rings. The predicted octanol–water partition coefficient (Wildman–Crippen LogP) is 3.92. The van der Waals surface area contributed by atoms with E-state index in [0.29, 0.717) is 33.5 Å². The Labute approximate surface area is 171 Å². The Morgan fingerprint density at radius 1 is 1.39 bits per heavy atom. The van der Waals surface area contributed by atoms with Gasteiger partial charge in [-0.15, -0.1) is 0 Å². The Kier molecular flexibility index (Phi) is 5.85. The summed E-state index contributed by atoms with van der Waals surface area (Å²) < 4.78 is 12.9. The first kappa shape index (κ1) is 19.2. The molecule has 1 saturated heterocycles. The smallest absolute Gasteiger partial charge is 0.263 e. The van der Waals surface area contributed by atoms with Crippen LogP contribution in [0.2, 0.25) is 5.02 Å². The van der Waals surface area contributed by atoms with Crippen molar-refractivity contribution >= 4 is 34.4 Å². The zero-order valence-electron chi connectivity index (χ0n) is 15.4. The highest BCUT2D eigenvalue weighted by Gasteiger charge is 2.20. The molecule has 1 aromatic carbocycles. The van der Waals surface area contributed by atoms with Gasteiger partial charge in [-0.1, -0.05) is 23.4 Å². The highest BCUT2D eigenvalue weighted by Crippen LogP contribution is 2.30. The molecule has 4 rings (SSSR count). The minimum Gasteiger partial charge on any atom is -0.496 e. The van der Waals surface area contributed by atoms with E-state index >= 15 is 0 Å². The molecular formula is C20H20ClN3O3S. The minimum atomic E-state index is -0.0887. The molecule has 146 valence electrons. The number of thioether (sulfide) groups is 1. The number of pyridine rings is 1. The number of halogens is 1. The van der Waals surface area contributed by atoms with E-state index in [9.17, 15) is 4.79 Å². The molecule has 28 heavy (non-hydrogen) atoms. The molecule has 1 aliphatic heterocycles. The maximum absolute atomic E-state index is 13.1. The van der Waals surface area contributed by atoms with Crippen LogP contribution in [0.4, 0.5) is 0 Å². The van der Waals surface area contributed by atoms with E-state index in [1.807, 2.05) is 12.1 Å². The molecule has 3 aromatic rings. The van der Waals surface area contributed by atoms with Crippen molar-refractivity contribution in [1.29, 1.82) is 0 Å². The van der Waals surface area contributed by atoms with Crippen molar-refractivity contribution in [2.45, 2.75) is 36.4 Å². The van der Waals surface area contributed by atoms with E-state index in [1.54, 1.807) is 36.1 Å². The minimum absolute atomic E-state index is 0.0358. The van der Waals surface area contributed by atoms with Gasteiger partial charge in [0.25, 0.3) is 5.56 Å². The number of hydrogen-bond acceptors (Lipinski definition) is 6. The summed E-state index contributed by atoms with van der Waals surface area (Å²) in [5.41, 5.74) is 1.31. The number of aromatic nitrogens is 3. The molecule has 1 unspecified atom stereocenters. The summed E-state index contributed by atoms with van der Waals surface area (Å²) in [7, 11) is 1.63. The average molecular weight is 418 g/mol. The van der Waals surface area contributed by atoms with Gasteiger partial charge in [-0.3, -0.25) is 9.36 Å². The van der Waals surface area contributed by atoms with Crippen LogP contribution >= 0.6 is 23.4 Å². The molecular weight excluding hydrogens is 398 g/mol. The Hall–Kier alpha value is -2.09. The van der Waals surface area contributed by atoms with Crippen LogP contribution in [-0.4, -0.2) is 34.4 Å². The van der Waals surface area contributed by atoms with Crippen molar-refractivity contribution < 1.29 is 9.47 Å². The second-order valence-corrected chi connectivity index (χ2v) is 7.94. The van der Waals surface area contributed by atoms with Gasteiger partial charge < -0.3 is 9.47 Å². The molecule has 0 radical (unpaired) electrons. The third-order valence-electron chi connectivity index (χ3n) is 4.70. The first-order valence-corrected chi connectivity index (χ1v) is 10.4. The summed E-state index contributed by atoms with van der Waals surface area (Å²) >= 11 is 7.61. The number of nitrogens with zero attached hydrogens (tertiary/aromatic N) is 3. The van der Waals surface area contributed by atoms with E-state index in [-0.39, 0.29) is 11.7 Å². The van der Waals surface area contributed by atoms with Gasteiger partial charge in [0, 0.05) is 29.1 Å². The number of hydrogen-bond donors (Lipinski definition) is 0. The Morgan fingerprint density at radius 2 is 2.29 bits per heavy atom. The molecule has 0 aliphatic carbocycles. The second-order valence-electron chi connectivity index (χ2n) is 6.56. The molecule has 8 heteroatoms. The van der Waals surface area contributed by atoms with Crippen molar-refractivity contribution in [3.63, 3.8) is 0 Å². The molecule has 0 N–H and O–H groups in total. The Morgan fingerprint density at radius 3 is 3.07 bits per heavy atom. The molecule has 6 nitrogen and oxygen atoms in total. The fourth-order valence-corrected chi connectivity index (χ4v) is 4.47. The van der Waals surface area contributed by atoms with Gasteiger partial charge in [0.05, 0.1) is 25.1 Å². The van der Waals surface area contributed by atoms with Gasteiger partial charge in [-0.2, -0.15) is 0 Å². The first-order chi connectivity index (χ1) is 13.7. The lowest BCUT2D eigenvalue weighted by Gasteiger charge is -2.16. The van der Waals surface area contributed by atoms with Gasteiger partial charge in [0.15, 0.2) is 10.8 Å². The van der Waals surface area contributed by atoms with Gasteiger partial charge in [0.1, 0.15) is 5.75 Å². The molecule has 0 spiro atoms. The van der Waals surface area contributed by atoms with E-state index in [1.165, 1.54) is 11.8 Å². The van der Waals surface area contributed by atoms with E-state index in [2.05, 4.69) is 9.97 Å². The zero-order chi connectivity index (χ0) is 19.5. The number of fused-ring (bicyclic) bond motifs is 1. The summed E-state index contributed by atoms with van der Waals surface area (Å²) in [5.74, 6) is 1.32. The Bertz CT molecular complexity index is 1050. The summed E-state index contributed by atoms with van der Waals surface area (Å²) in [4.78, 5) is 22.0. The first-order valence-electron chi connectivity index (χ1n) is 9.08. The van der Waals surface area contributed by atoms with E-state index in [4.69, 9.17) is 21.1 Å². The van der Waals surface area contributed by atoms with Crippen LogP contribution in [0.1, 0.15) is 18.4 Å². The zero-order valence-corrected chi connectivity index (χ0v) is 17.0. The third-order valence-corrected chi connectivity index (χ3v) is 5.96. The van der Waals surface area contributed by atoms with Crippen LogP contribution in [-0.2, 0) is 17.0 Å². The highest BCUT2D eigenvalue weighted by molar-refractivity contribution is 7.98. The number of rotatable bonds is 6. The standard InChI is InChI=1S/C20H20ClN3O3S/c1-26-17-7-6-14(21)10-13(17)12-28-20-23-18-16(5-2-8-22-18)19(25)24(20)11-15-4-3-9-27-15/h2,5-8,10,15H,3-4,9,11-12H2,1H3. The number of benzene rings is 1. The quantitative estimate of drug-likeness (QED) is 0.447. The summed E-state index contributed by atoms with van der Waals surface area (Å²) in [6, 6.07) is 9.02. The normalized spacial score (nSPS) is 16.6. The fourth-order valence-electron chi connectivity index (χ4n) is 3.30. The third kappa shape index (κ3) is 4.01. The van der Waals surface area contributed by atoms with Crippen molar-refractivity contribution in [3.05, 3.63) is 57.5 Å². The van der Waals surface area contributed by atoms with Gasteiger partial charge in [-0.05, 0) is 43.2 Å². The van der Waals surface area contributed by atoms with Crippen molar-refractivity contribution in [3.8, 4) is 5.75 Å². The topological polar surface area (TPSA) is 66.2 Å². The van der Waals surface area contributed by atoms with Crippen LogP contribution in [0, 0.1) is 0 Å². The largest absolute Gasteiger partial charge is 0.496 e. The Balaban J connectivity index is 1.70. The monoisotopic (exact) mass is 417 g/mol. The molecule has 1 aliphatic rings. The van der Waals surface area contributed by atoms with Crippen LogP contribution in [0.25, 0.3) is 11.0 Å². The summed E-state index contributed by atoms with van der Waals surface area (Å²) in [6.45, 7) is 1.23. The highest BCUT2D eigenvalue weighted by atomic mass is 35.5. The summed E-state index contributed by atoms with van der Waals surface area (Å²) in [6.07, 6.45) is 3.65. The predicted molar refractivity (Wildman–Crippen MR) is 110 cm³/mol. The lowest BCUT2D eigenvalue weighted by Crippen LogP contribution is -2.29. The maximum atomic E-state index is 13.1. The van der Waals surface area contributed by atoms with Crippen LogP contribution in [0.5, 0.6) is 5.75 Å². The maximum Gasteiger partial charge on any atom is 0.263 e. The van der Waals surface area contributed by atoms with Crippen LogP contribution in [0.3, 0.4) is 0 Å². The number of ether oxygens (including phenoxy) is 2. The molecule has 2 aromatic heterocycles. The van der Waals surface area contributed by atoms with Gasteiger partial charge in [-0.25, -0.2) is 9.97 Å². The molecule has 1 atom stereocenters. The lowest BCUT2D eigenvalue weighted by molar-refractivity contribution is 0.0937. The van der Waals surface area contributed by atoms with Crippen molar-refractivity contribution in [2.75, 3.05) is 13.7 Å².